The molecule has 0 bridgehead atoms. The Labute approximate surface area is 76.3 Å². The van der Waals surface area contributed by atoms with Gasteiger partial charge in [0.15, 0.2) is 6.29 Å². The summed E-state index contributed by atoms with van der Waals surface area (Å²) in [5.41, 5.74) is 2.27. The van der Waals surface area contributed by atoms with Gasteiger partial charge in [0.25, 0.3) is 0 Å². The first-order valence-corrected chi connectivity index (χ1v) is 4.01. The van der Waals surface area contributed by atoms with Crippen LogP contribution in [0.5, 0.6) is 0 Å². The van der Waals surface area contributed by atoms with E-state index in [0.717, 1.165) is 17.7 Å². The van der Waals surface area contributed by atoms with Crippen molar-refractivity contribution >= 4 is 12.2 Å². The first kappa shape index (κ1) is 9.51. The second-order valence-electron chi connectivity index (χ2n) is 2.91. The topological polar surface area (TPSA) is 62.0 Å². The molecule has 0 saturated carbocycles. The van der Waals surface area contributed by atoms with E-state index in [2.05, 4.69) is 10.3 Å². The first-order valence-electron chi connectivity index (χ1n) is 4.01. The zero-order valence-electron chi connectivity index (χ0n) is 7.68. The number of aryl methyl sites for hydroxylation is 1. The molecule has 4 nitrogen and oxygen atoms in total. The van der Waals surface area contributed by atoms with Crippen molar-refractivity contribution in [2.75, 3.05) is 0 Å². The zero-order valence-corrected chi connectivity index (χ0v) is 7.68. The quantitative estimate of drug-likeness (QED) is 0.675. The van der Waals surface area contributed by atoms with Gasteiger partial charge in [0.2, 0.25) is 5.91 Å². The largest absolute Gasteiger partial charge is 0.360 e. The number of hydrogen-bond acceptors (Lipinski definition) is 2. The molecule has 1 heterocycles. The van der Waals surface area contributed by atoms with Gasteiger partial charge < -0.3 is 10.3 Å². The third-order valence-electron chi connectivity index (χ3n) is 1.71. The molecule has 0 radical (unpaired) electrons. The molecule has 4 heteroatoms. The van der Waals surface area contributed by atoms with Gasteiger partial charge in [0.05, 0.1) is 6.54 Å². The number of H-pyrrole nitrogens is 1. The van der Waals surface area contributed by atoms with Crippen molar-refractivity contribution in [2.45, 2.75) is 20.4 Å². The fourth-order valence-electron chi connectivity index (χ4n) is 1.13. The maximum atomic E-state index is 10.6. The van der Waals surface area contributed by atoms with Crippen LogP contribution in [0.25, 0.3) is 0 Å². The van der Waals surface area contributed by atoms with Gasteiger partial charge in [0, 0.05) is 23.9 Å². The molecule has 0 aliphatic rings. The molecule has 0 spiro atoms. The summed E-state index contributed by atoms with van der Waals surface area (Å²) in [6.45, 7) is 3.68. The number of nitrogens with one attached hydrogen (secondary N) is 2. The summed E-state index contributed by atoms with van der Waals surface area (Å²) in [5.74, 6) is -0.107. The van der Waals surface area contributed by atoms with Crippen molar-refractivity contribution in [3.63, 3.8) is 0 Å². The number of hydrogen-bond donors (Lipinski definition) is 2. The molecule has 0 unspecified atom stereocenters. The Morgan fingerprint density at radius 1 is 1.69 bits per heavy atom. The van der Waals surface area contributed by atoms with Gasteiger partial charge in [0.1, 0.15) is 0 Å². The van der Waals surface area contributed by atoms with Crippen molar-refractivity contribution in [1.29, 1.82) is 0 Å². The first-order chi connectivity index (χ1) is 6.13. The fourth-order valence-corrected chi connectivity index (χ4v) is 1.13. The van der Waals surface area contributed by atoms with Crippen LogP contribution in [0.1, 0.15) is 28.7 Å². The second kappa shape index (κ2) is 3.89. The molecule has 0 aliphatic heterocycles. The van der Waals surface area contributed by atoms with Crippen LogP contribution in [0.3, 0.4) is 0 Å². The summed E-state index contributed by atoms with van der Waals surface area (Å²) in [6, 6.07) is 1.75. The Hall–Kier alpha value is -1.58. The van der Waals surface area contributed by atoms with E-state index < -0.39 is 0 Å². The van der Waals surface area contributed by atoms with Crippen molar-refractivity contribution in [2.24, 2.45) is 0 Å². The highest BCUT2D eigenvalue weighted by molar-refractivity contribution is 5.78. The van der Waals surface area contributed by atoms with Gasteiger partial charge in [-0.3, -0.25) is 9.59 Å². The molecule has 0 saturated heterocycles. The molecule has 0 atom stereocenters. The maximum absolute atomic E-state index is 10.6. The molecular formula is C9H12N2O2. The monoisotopic (exact) mass is 180 g/mol. The molecule has 0 aromatic carbocycles. The van der Waals surface area contributed by atoms with E-state index in [4.69, 9.17) is 0 Å². The normalized spacial score (nSPS) is 9.69. The van der Waals surface area contributed by atoms with E-state index in [-0.39, 0.29) is 5.91 Å². The zero-order chi connectivity index (χ0) is 9.84. The molecule has 13 heavy (non-hydrogen) atoms. The fraction of sp³-hybridized carbons (Fsp3) is 0.333. The van der Waals surface area contributed by atoms with Crippen LogP contribution in [-0.4, -0.2) is 17.2 Å². The number of rotatable bonds is 3. The minimum absolute atomic E-state index is 0.107. The van der Waals surface area contributed by atoms with Crippen molar-refractivity contribution in [1.82, 2.24) is 10.3 Å². The van der Waals surface area contributed by atoms with Crippen LogP contribution >= 0.6 is 0 Å². The lowest BCUT2D eigenvalue weighted by Crippen LogP contribution is -2.19. The number of aromatic amines is 1. The lowest BCUT2D eigenvalue weighted by atomic mass is 10.2. The third kappa shape index (κ3) is 2.43. The van der Waals surface area contributed by atoms with Gasteiger partial charge in [-0.15, -0.1) is 0 Å². The number of carbonyl (C=O) groups excluding carboxylic acids is 2. The second-order valence-corrected chi connectivity index (χ2v) is 2.91. The molecule has 1 aromatic rings. The molecule has 0 aliphatic carbocycles. The summed E-state index contributed by atoms with van der Waals surface area (Å²) >= 11 is 0. The smallest absolute Gasteiger partial charge is 0.217 e. The summed E-state index contributed by atoms with van der Waals surface area (Å²) < 4.78 is 0. The van der Waals surface area contributed by atoms with Crippen molar-refractivity contribution < 1.29 is 9.59 Å². The van der Waals surface area contributed by atoms with E-state index in [9.17, 15) is 9.59 Å². The Kier molecular flexibility index (Phi) is 2.84. The number of aldehydes is 1. The van der Waals surface area contributed by atoms with Crippen molar-refractivity contribution in [3.8, 4) is 0 Å². The van der Waals surface area contributed by atoms with Gasteiger partial charge in [-0.05, 0) is 13.0 Å². The minimum Gasteiger partial charge on any atom is -0.360 e. The van der Waals surface area contributed by atoms with Crippen LogP contribution in [0.2, 0.25) is 0 Å². The van der Waals surface area contributed by atoms with E-state index in [1.807, 2.05) is 6.92 Å². The predicted octanol–water partition coefficient (Wildman–Crippen LogP) is 0.772. The van der Waals surface area contributed by atoms with Crippen LogP contribution in [0, 0.1) is 6.92 Å². The summed E-state index contributed by atoms with van der Waals surface area (Å²) in [6.07, 6.45) is 0.778. The lowest BCUT2D eigenvalue weighted by Gasteiger charge is -1.99. The Balaban J connectivity index is 2.74. The van der Waals surface area contributed by atoms with Gasteiger partial charge >= 0.3 is 0 Å². The summed E-state index contributed by atoms with van der Waals surface area (Å²) in [7, 11) is 0. The molecule has 0 fully saturated rings. The van der Waals surface area contributed by atoms with E-state index in [1.54, 1.807) is 6.07 Å². The van der Waals surface area contributed by atoms with Gasteiger partial charge in [-0.25, -0.2) is 0 Å². The summed E-state index contributed by atoms with van der Waals surface area (Å²) in [5, 5.41) is 2.62. The van der Waals surface area contributed by atoms with E-state index in [1.165, 1.54) is 6.92 Å². The number of aromatic nitrogens is 1. The van der Waals surface area contributed by atoms with E-state index >= 15 is 0 Å². The Morgan fingerprint density at radius 2 is 2.38 bits per heavy atom. The lowest BCUT2D eigenvalue weighted by molar-refractivity contribution is -0.119. The molecule has 1 amide bonds. The average molecular weight is 180 g/mol. The molecule has 70 valence electrons. The standard InChI is InChI=1S/C9H12N2O2/c1-6-3-8(5-12)9(11-6)4-10-7(2)13/h3,5,11H,4H2,1-2H3,(H,10,13). The SMILES string of the molecule is CC(=O)NCc1[nH]c(C)cc1C=O. The van der Waals surface area contributed by atoms with E-state index in [0.29, 0.717) is 12.1 Å². The van der Waals surface area contributed by atoms with Crippen LogP contribution in [-0.2, 0) is 11.3 Å². The van der Waals surface area contributed by atoms with Crippen LogP contribution < -0.4 is 5.32 Å². The highest BCUT2D eigenvalue weighted by Crippen LogP contribution is 2.07. The molecule has 2 N–H and O–H groups in total. The summed E-state index contributed by atoms with van der Waals surface area (Å²) in [4.78, 5) is 24.2. The minimum atomic E-state index is -0.107. The van der Waals surface area contributed by atoms with Crippen molar-refractivity contribution in [3.05, 3.63) is 23.0 Å². The number of carbonyl (C=O) groups is 2. The Bertz CT molecular complexity index is 328. The maximum Gasteiger partial charge on any atom is 0.217 e. The molecule has 1 aromatic heterocycles. The van der Waals surface area contributed by atoms with Gasteiger partial charge in [-0.2, -0.15) is 0 Å². The third-order valence-corrected chi connectivity index (χ3v) is 1.71. The van der Waals surface area contributed by atoms with Crippen LogP contribution in [0.4, 0.5) is 0 Å². The average Bonchev–Trinajstić information content (AvgIpc) is 2.42. The van der Waals surface area contributed by atoms with Gasteiger partial charge in [-0.1, -0.05) is 0 Å². The molecular weight excluding hydrogens is 168 g/mol. The number of amides is 1. The predicted molar refractivity (Wildman–Crippen MR) is 48.4 cm³/mol. The molecule has 1 rings (SSSR count). The highest BCUT2D eigenvalue weighted by atomic mass is 16.1. The van der Waals surface area contributed by atoms with Crippen LogP contribution in [0.15, 0.2) is 6.07 Å². The highest BCUT2D eigenvalue weighted by Gasteiger charge is 2.04. The Morgan fingerprint density at radius 3 is 2.92 bits per heavy atom.